The van der Waals surface area contributed by atoms with Crippen molar-refractivity contribution in [3.8, 4) is 17.2 Å². The van der Waals surface area contributed by atoms with Crippen LogP contribution in [-0.4, -0.2) is 18.9 Å². The lowest BCUT2D eigenvalue weighted by atomic mass is 9.97. The highest BCUT2D eigenvalue weighted by Crippen LogP contribution is 2.39. The molecule has 0 aromatic heterocycles. The Labute approximate surface area is 120 Å². The summed E-state index contributed by atoms with van der Waals surface area (Å²) in [7, 11) is 0. The molecule has 1 aliphatic carbocycles. The summed E-state index contributed by atoms with van der Waals surface area (Å²) in [6.45, 7) is 2.30. The molecule has 1 fully saturated rings. The molecule has 4 nitrogen and oxygen atoms in total. The summed E-state index contributed by atoms with van der Waals surface area (Å²) in [5.74, 6) is 2.50. The number of hydrogen-bond acceptors (Lipinski definition) is 4. The van der Waals surface area contributed by atoms with Crippen LogP contribution in [0.2, 0.25) is 0 Å². The Kier molecular flexibility index (Phi) is 4.01. The van der Waals surface area contributed by atoms with Gasteiger partial charge >= 0.3 is 0 Å². The van der Waals surface area contributed by atoms with Gasteiger partial charge < -0.3 is 19.9 Å². The summed E-state index contributed by atoms with van der Waals surface area (Å²) in [4.78, 5) is 0. The first-order valence-electron chi connectivity index (χ1n) is 7.57. The fraction of sp³-hybridized carbons (Fsp3) is 0.625. The monoisotopic (exact) mass is 277 g/mol. The molecule has 0 amide bonds. The lowest BCUT2D eigenvalue weighted by molar-refractivity contribution is 0.152. The fourth-order valence-electron chi connectivity index (χ4n) is 2.94. The van der Waals surface area contributed by atoms with Crippen LogP contribution in [0.15, 0.2) is 12.1 Å². The first kappa shape index (κ1) is 13.6. The smallest absolute Gasteiger partial charge is 0.231 e. The second-order valence-corrected chi connectivity index (χ2v) is 5.87. The summed E-state index contributed by atoms with van der Waals surface area (Å²) >= 11 is 0. The summed E-state index contributed by atoms with van der Waals surface area (Å²) in [6, 6.07) is 4.09. The number of rotatable bonds is 4. The van der Waals surface area contributed by atoms with Crippen molar-refractivity contribution in [1.29, 1.82) is 0 Å². The Balaban J connectivity index is 1.82. The first-order chi connectivity index (χ1) is 9.72. The third-order valence-electron chi connectivity index (χ3n) is 3.94. The van der Waals surface area contributed by atoms with Crippen LogP contribution in [0.4, 0.5) is 0 Å². The van der Waals surface area contributed by atoms with E-state index in [4.69, 9.17) is 19.9 Å². The van der Waals surface area contributed by atoms with Gasteiger partial charge in [-0.15, -0.1) is 0 Å². The van der Waals surface area contributed by atoms with Gasteiger partial charge in [0.25, 0.3) is 0 Å². The Morgan fingerprint density at radius 1 is 1.20 bits per heavy atom. The highest BCUT2D eigenvalue weighted by Gasteiger charge is 2.22. The normalized spacial score (nSPS) is 19.9. The van der Waals surface area contributed by atoms with Crippen molar-refractivity contribution >= 4 is 0 Å². The van der Waals surface area contributed by atoms with Gasteiger partial charge in [-0.1, -0.05) is 6.42 Å². The maximum absolute atomic E-state index is 6.22. The number of hydrogen-bond donors (Lipinski definition) is 1. The molecule has 1 aromatic carbocycles. The largest absolute Gasteiger partial charge is 0.490 e. The molecule has 1 saturated carbocycles. The highest BCUT2D eigenvalue weighted by molar-refractivity contribution is 5.52. The molecule has 0 radical (unpaired) electrons. The number of benzene rings is 1. The van der Waals surface area contributed by atoms with Crippen molar-refractivity contribution in [2.45, 2.75) is 57.6 Å². The predicted molar refractivity (Wildman–Crippen MR) is 77.4 cm³/mol. The second kappa shape index (κ2) is 5.92. The topological polar surface area (TPSA) is 53.7 Å². The summed E-state index contributed by atoms with van der Waals surface area (Å²) in [5, 5.41) is 0. The lowest BCUT2D eigenvalue weighted by Gasteiger charge is -2.25. The van der Waals surface area contributed by atoms with Gasteiger partial charge in [0.05, 0.1) is 6.10 Å². The van der Waals surface area contributed by atoms with Crippen molar-refractivity contribution in [3.63, 3.8) is 0 Å². The molecule has 2 N–H and O–H groups in total. The average molecular weight is 277 g/mol. The van der Waals surface area contributed by atoms with Gasteiger partial charge in [0.2, 0.25) is 6.79 Å². The van der Waals surface area contributed by atoms with E-state index in [1.165, 1.54) is 19.3 Å². The lowest BCUT2D eigenvalue weighted by Crippen LogP contribution is -2.22. The quantitative estimate of drug-likeness (QED) is 0.919. The molecular formula is C16H23NO3. The minimum atomic E-state index is 0.101. The predicted octanol–water partition coefficient (Wildman–Crippen LogP) is 3.02. The minimum Gasteiger partial charge on any atom is -0.490 e. The average Bonchev–Trinajstić information content (AvgIpc) is 2.86. The van der Waals surface area contributed by atoms with E-state index < -0.39 is 0 Å². The standard InChI is InChI=1S/C16H23NO3/c1-11(17)7-12-8-15-16(19-10-18-15)9-14(12)20-13-5-3-2-4-6-13/h8-9,11,13H,2-7,10,17H2,1H3. The molecule has 1 atom stereocenters. The number of ether oxygens (including phenoxy) is 3. The van der Waals surface area contributed by atoms with Gasteiger partial charge in [-0.3, -0.25) is 0 Å². The molecule has 20 heavy (non-hydrogen) atoms. The Hall–Kier alpha value is -1.42. The molecule has 0 saturated heterocycles. The van der Waals surface area contributed by atoms with E-state index in [1.54, 1.807) is 0 Å². The van der Waals surface area contributed by atoms with E-state index in [9.17, 15) is 0 Å². The zero-order valence-corrected chi connectivity index (χ0v) is 12.1. The summed E-state index contributed by atoms with van der Waals surface area (Å²) in [6.07, 6.45) is 7.26. The van der Waals surface area contributed by atoms with Crippen LogP contribution in [0.1, 0.15) is 44.6 Å². The van der Waals surface area contributed by atoms with Crippen LogP contribution in [0.3, 0.4) is 0 Å². The van der Waals surface area contributed by atoms with Gasteiger partial charge in [0.15, 0.2) is 11.5 Å². The molecule has 3 rings (SSSR count). The van der Waals surface area contributed by atoms with Crippen LogP contribution in [-0.2, 0) is 6.42 Å². The minimum absolute atomic E-state index is 0.101. The van der Waals surface area contributed by atoms with Gasteiger partial charge in [0, 0.05) is 12.1 Å². The SMILES string of the molecule is CC(N)Cc1cc2c(cc1OC1CCCCC1)OCO2. The van der Waals surface area contributed by atoms with Gasteiger partial charge in [-0.2, -0.15) is 0 Å². The maximum atomic E-state index is 6.22. The molecule has 1 aromatic rings. The summed E-state index contributed by atoms with van der Waals surface area (Å²) in [5.41, 5.74) is 7.06. The third kappa shape index (κ3) is 3.01. The van der Waals surface area contributed by atoms with E-state index in [0.717, 1.165) is 42.1 Å². The number of fused-ring (bicyclic) bond motifs is 1. The molecule has 4 heteroatoms. The van der Waals surface area contributed by atoms with Crippen molar-refractivity contribution < 1.29 is 14.2 Å². The third-order valence-corrected chi connectivity index (χ3v) is 3.94. The van der Waals surface area contributed by atoms with E-state index in [-0.39, 0.29) is 6.04 Å². The van der Waals surface area contributed by atoms with Crippen molar-refractivity contribution in [1.82, 2.24) is 0 Å². The van der Waals surface area contributed by atoms with E-state index in [1.807, 2.05) is 19.1 Å². The van der Waals surface area contributed by atoms with E-state index >= 15 is 0 Å². The van der Waals surface area contributed by atoms with Crippen LogP contribution in [0.5, 0.6) is 17.2 Å². The van der Waals surface area contributed by atoms with Crippen molar-refractivity contribution in [2.75, 3.05) is 6.79 Å². The zero-order valence-electron chi connectivity index (χ0n) is 12.1. The van der Waals surface area contributed by atoms with Gasteiger partial charge in [-0.25, -0.2) is 0 Å². The Morgan fingerprint density at radius 2 is 1.90 bits per heavy atom. The maximum Gasteiger partial charge on any atom is 0.231 e. The molecule has 1 unspecified atom stereocenters. The van der Waals surface area contributed by atoms with Crippen LogP contribution < -0.4 is 19.9 Å². The van der Waals surface area contributed by atoms with Crippen molar-refractivity contribution in [2.24, 2.45) is 5.73 Å². The Bertz CT molecular complexity index is 467. The van der Waals surface area contributed by atoms with Crippen LogP contribution >= 0.6 is 0 Å². The van der Waals surface area contributed by atoms with Crippen LogP contribution in [0.25, 0.3) is 0 Å². The summed E-state index contributed by atoms with van der Waals surface area (Å²) < 4.78 is 17.1. The van der Waals surface area contributed by atoms with Gasteiger partial charge in [0.1, 0.15) is 5.75 Å². The molecular weight excluding hydrogens is 254 g/mol. The molecule has 2 aliphatic rings. The number of nitrogens with two attached hydrogens (primary N) is 1. The van der Waals surface area contributed by atoms with E-state index in [0.29, 0.717) is 12.9 Å². The van der Waals surface area contributed by atoms with Crippen molar-refractivity contribution in [3.05, 3.63) is 17.7 Å². The van der Waals surface area contributed by atoms with Crippen LogP contribution in [0, 0.1) is 0 Å². The fourth-order valence-corrected chi connectivity index (χ4v) is 2.94. The Morgan fingerprint density at radius 3 is 2.60 bits per heavy atom. The highest BCUT2D eigenvalue weighted by atomic mass is 16.7. The molecule has 1 aliphatic heterocycles. The first-order valence-corrected chi connectivity index (χ1v) is 7.57. The molecule has 0 bridgehead atoms. The van der Waals surface area contributed by atoms with Gasteiger partial charge in [-0.05, 0) is 50.7 Å². The molecule has 110 valence electrons. The molecule has 0 spiro atoms. The second-order valence-electron chi connectivity index (χ2n) is 5.87. The van der Waals surface area contributed by atoms with E-state index in [2.05, 4.69) is 0 Å². The zero-order chi connectivity index (χ0) is 13.9. The molecule has 1 heterocycles.